The van der Waals surface area contributed by atoms with Gasteiger partial charge in [0.15, 0.2) is 0 Å². The average Bonchev–Trinajstić information content (AvgIpc) is 2.41. The Balaban J connectivity index is 2.29. The molecule has 2 N–H and O–H groups in total. The normalized spacial score (nSPS) is 10.6. The van der Waals surface area contributed by atoms with Crippen LogP contribution in [0.25, 0.3) is 0 Å². The van der Waals surface area contributed by atoms with E-state index in [0.717, 1.165) is 12.1 Å². The number of hydrogen-bond donors (Lipinski definition) is 1. The van der Waals surface area contributed by atoms with E-state index in [1.165, 1.54) is 25.7 Å². The summed E-state index contributed by atoms with van der Waals surface area (Å²) in [4.78, 5) is 0. The number of unbranched alkanes of at least 4 members (excludes halogenated alkanes) is 3. The average molecular weight is 181 g/mol. The summed E-state index contributed by atoms with van der Waals surface area (Å²) >= 11 is 0. The largest absolute Gasteiger partial charge is 0.382 e. The lowest BCUT2D eigenvalue weighted by molar-refractivity contribution is 0.542. The molecule has 3 heteroatoms. The van der Waals surface area contributed by atoms with Gasteiger partial charge in [-0.25, -0.2) is 0 Å². The number of nitrogens with two attached hydrogens (primary N) is 1. The Hall–Kier alpha value is -0.990. The first-order valence-electron chi connectivity index (χ1n) is 5.03. The molecule has 74 valence electrons. The second-order valence-electron chi connectivity index (χ2n) is 3.52. The van der Waals surface area contributed by atoms with Gasteiger partial charge in [0.1, 0.15) is 5.82 Å². The minimum Gasteiger partial charge on any atom is -0.382 e. The molecule has 0 radical (unpaired) electrons. The highest BCUT2D eigenvalue weighted by atomic mass is 15.3. The number of aryl methyl sites for hydroxylation is 2. The van der Waals surface area contributed by atoms with Gasteiger partial charge < -0.3 is 5.73 Å². The summed E-state index contributed by atoms with van der Waals surface area (Å²) in [5.74, 6) is 0.662. The van der Waals surface area contributed by atoms with Gasteiger partial charge in [-0.1, -0.05) is 26.2 Å². The second-order valence-corrected chi connectivity index (χ2v) is 3.52. The number of aromatic nitrogens is 2. The topological polar surface area (TPSA) is 43.8 Å². The zero-order chi connectivity index (χ0) is 9.68. The van der Waals surface area contributed by atoms with Gasteiger partial charge in [-0.05, 0) is 13.3 Å². The van der Waals surface area contributed by atoms with Crippen LogP contribution in [0.3, 0.4) is 0 Å². The van der Waals surface area contributed by atoms with E-state index in [0.29, 0.717) is 5.82 Å². The van der Waals surface area contributed by atoms with Crippen LogP contribution in [0.1, 0.15) is 38.2 Å². The Kier molecular flexibility index (Phi) is 3.80. The van der Waals surface area contributed by atoms with Gasteiger partial charge >= 0.3 is 0 Å². The van der Waals surface area contributed by atoms with E-state index in [-0.39, 0.29) is 0 Å². The van der Waals surface area contributed by atoms with Crippen LogP contribution in [0.15, 0.2) is 6.20 Å². The van der Waals surface area contributed by atoms with Crippen molar-refractivity contribution in [3.8, 4) is 0 Å². The molecule has 0 spiro atoms. The third-order valence-corrected chi connectivity index (χ3v) is 2.22. The van der Waals surface area contributed by atoms with E-state index in [1.807, 2.05) is 17.8 Å². The van der Waals surface area contributed by atoms with E-state index in [1.54, 1.807) is 0 Å². The Bertz CT molecular complexity index is 233. The zero-order valence-electron chi connectivity index (χ0n) is 8.58. The molecular formula is C10H19N3. The summed E-state index contributed by atoms with van der Waals surface area (Å²) in [6.07, 6.45) is 7.10. The predicted octanol–water partition coefficient (Wildman–Crippen LogP) is 2.35. The first kappa shape index (κ1) is 10.1. The monoisotopic (exact) mass is 181 g/mol. The van der Waals surface area contributed by atoms with Crippen LogP contribution in [0, 0.1) is 6.92 Å². The lowest BCUT2D eigenvalue weighted by atomic mass is 10.2. The van der Waals surface area contributed by atoms with Crippen molar-refractivity contribution >= 4 is 5.82 Å². The number of nitrogens with zero attached hydrogens (tertiary/aromatic N) is 2. The Morgan fingerprint density at radius 3 is 2.69 bits per heavy atom. The van der Waals surface area contributed by atoms with Gasteiger partial charge in [-0.2, -0.15) is 5.10 Å². The molecule has 0 bridgehead atoms. The molecule has 0 amide bonds. The minimum absolute atomic E-state index is 0.662. The summed E-state index contributed by atoms with van der Waals surface area (Å²) in [6, 6.07) is 0. The summed E-state index contributed by atoms with van der Waals surface area (Å²) in [5, 5.41) is 4.20. The molecule has 0 aliphatic heterocycles. The van der Waals surface area contributed by atoms with Crippen molar-refractivity contribution in [1.82, 2.24) is 9.78 Å². The number of hydrogen-bond acceptors (Lipinski definition) is 2. The van der Waals surface area contributed by atoms with Crippen molar-refractivity contribution in [2.45, 2.75) is 46.1 Å². The molecule has 0 aromatic carbocycles. The SMILES string of the molecule is CCCCCCn1cc(C)c(N)n1. The molecular weight excluding hydrogens is 162 g/mol. The fourth-order valence-electron chi connectivity index (χ4n) is 1.35. The van der Waals surface area contributed by atoms with Crippen molar-refractivity contribution in [1.29, 1.82) is 0 Å². The van der Waals surface area contributed by atoms with E-state index in [4.69, 9.17) is 5.73 Å². The molecule has 1 aromatic rings. The highest BCUT2D eigenvalue weighted by Gasteiger charge is 1.99. The molecule has 0 unspecified atom stereocenters. The van der Waals surface area contributed by atoms with Crippen LogP contribution < -0.4 is 5.73 Å². The van der Waals surface area contributed by atoms with Crippen molar-refractivity contribution < 1.29 is 0 Å². The highest BCUT2D eigenvalue weighted by molar-refractivity contribution is 5.35. The number of rotatable bonds is 5. The quantitative estimate of drug-likeness (QED) is 0.709. The molecule has 0 saturated carbocycles. The first-order valence-corrected chi connectivity index (χ1v) is 5.03. The van der Waals surface area contributed by atoms with Gasteiger partial charge in [-0.15, -0.1) is 0 Å². The molecule has 0 saturated heterocycles. The number of nitrogen functional groups attached to an aromatic ring is 1. The van der Waals surface area contributed by atoms with E-state index in [9.17, 15) is 0 Å². The maximum atomic E-state index is 5.64. The van der Waals surface area contributed by atoms with Crippen LogP contribution in [0.5, 0.6) is 0 Å². The smallest absolute Gasteiger partial charge is 0.148 e. The molecule has 1 aromatic heterocycles. The number of anilines is 1. The lowest BCUT2D eigenvalue weighted by Gasteiger charge is -1.99. The predicted molar refractivity (Wildman–Crippen MR) is 55.5 cm³/mol. The fourth-order valence-corrected chi connectivity index (χ4v) is 1.35. The van der Waals surface area contributed by atoms with Crippen molar-refractivity contribution in [3.63, 3.8) is 0 Å². The van der Waals surface area contributed by atoms with Crippen molar-refractivity contribution in [2.75, 3.05) is 5.73 Å². The Morgan fingerprint density at radius 1 is 1.38 bits per heavy atom. The van der Waals surface area contributed by atoms with E-state index in [2.05, 4.69) is 12.0 Å². The van der Waals surface area contributed by atoms with Crippen molar-refractivity contribution in [2.24, 2.45) is 0 Å². The lowest BCUT2D eigenvalue weighted by Crippen LogP contribution is -1.99. The molecule has 13 heavy (non-hydrogen) atoms. The standard InChI is InChI=1S/C10H19N3/c1-3-4-5-6-7-13-8-9(2)10(11)12-13/h8H,3-7H2,1-2H3,(H2,11,12). The van der Waals surface area contributed by atoms with E-state index < -0.39 is 0 Å². The molecule has 3 nitrogen and oxygen atoms in total. The van der Waals surface area contributed by atoms with Gasteiger partial charge in [0.05, 0.1) is 0 Å². The van der Waals surface area contributed by atoms with Crippen LogP contribution in [0.2, 0.25) is 0 Å². The van der Waals surface area contributed by atoms with Crippen LogP contribution >= 0.6 is 0 Å². The summed E-state index contributed by atoms with van der Waals surface area (Å²) in [7, 11) is 0. The van der Waals surface area contributed by atoms with Gasteiger partial charge in [0, 0.05) is 18.3 Å². The summed E-state index contributed by atoms with van der Waals surface area (Å²) in [6.45, 7) is 5.21. The molecule has 1 rings (SSSR count). The van der Waals surface area contributed by atoms with Crippen molar-refractivity contribution in [3.05, 3.63) is 11.8 Å². The maximum absolute atomic E-state index is 5.64. The fraction of sp³-hybridized carbons (Fsp3) is 0.700. The third kappa shape index (κ3) is 3.09. The zero-order valence-corrected chi connectivity index (χ0v) is 8.58. The Labute approximate surface area is 79.9 Å². The first-order chi connectivity index (χ1) is 6.24. The van der Waals surface area contributed by atoms with E-state index >= 15 is 0 Å². The Morgan fingerprint density at radius 2 is 2.15 bits per heavy atom. The van der Waals surface area contributed by atoms with Gasteiger partial charge in [0.2, 0.25) is 0 Å². The molecule has 0 aliphatic carbocycles. The summed E-state index contributed by atoms with van der Waals surface area (Å²) < 4.78 is 1.94. The third-order valence-electron chi connectivity index (χ3n) is 2.22. The molecule has 0 atom stereocenters. The van der Waals surface area contributed by atoms with Crippen LogP contribution in [-0.4, -0.2) is 9.78 Å². The maximum Gasteiger partial charge on any atom is 0.148 e. The molecule has 0 aliphatic rings. The van der Waals surface area contributed by atoms with Crippen LogP contribution in [-0.2, 0) is 6.54 Å². The molecule has 0 fully saturated rings. The van der Waals surface area contributed by atoms with Gasteiger partial charge in [0.25, 0.3) is 0 Å². The van der Waals surface area contributed by atoms with Crippen LogP contribution in [0.4, 0.5) is 5.82 Å². The second kappa shape index (κ2) is 4.90. The minimum atomic E-state index is 0.662. The summed E-state index contributed by atoms with van der Waals surface area (Å²) in [5.41, 5.74) is 6.72. The highest BCUT2D eigenvalue weighted by Crippen LogP contribution is 2.08. The molecule has 1 heterocycles. The van der Waals surface area contributed by atoms with Gasteiger partial charge in [-0.3, -0.25) is 4.68 Å².